The zero-order chi connectivity index (χ0) is 21.6. The Morgan fingerprint density at radius 3 is 1.62 bits per heavy atom. The summed E-state index contributed by atoms with van der Waals surface area (Å²) in [5.74, 6) is -0.258. The van der Waals surface area contributed by atoms with Gasteiger partial charge in [0.15, 0.2) is 0 Å². The van der Waals surface area contributed by atoms with Crippen LogP contribution in [-0.2, 0) is 9.59 Å². The molecule has 29 heavy (non-hydrogen) atoms. The number of amides is 2. The van der Waals surface area contributed by atoms with Gasteiger partial charge >= 0.3 is 0 Å². The van der Waals surface area contributed by atoms with Crippen molar-refractivity contribution in [3.8, 4) is 0 Å². The van der Waals surface area contributed by atoms with Gasteiger partial charge < -0.3 is 15.5 Å². The molecule has 2 amide bonds. The Morgan fingerprint density at radius 1 is 0.828 bits per heavy atom. The van der Waals surface area contributed by atoms with E-state index in [1.165, 1.54) is 5.56 Å². The van der Waals surface area contributed by atoms with Gasteiger partial charge in [-0.2, -0.15) is 0 Å². The number of nitrogens with one attached hydrogen (secondary N) is 2. The Hall–Kier alpha value is -2.82. The van der Waals surface area contributed by atoms with E-state index in [9.17, 15) is 9.59 Å². The number of carbonyl (C=O) groups is 2. The van der Waals surface area contributed by atoms with Crippen molar-refractivity contribution >= 4 is 28.9 Å². The van der Waals surface area contributed by atoms with E-state index in [1.54, 1.807) is 13.8 Å². The lowest BCUT2D eigenvalue weighted by Crippen LogP contribution is -2.41. The molecule has 0 heterocycles. The van der Waals surface area contributed by atoms with Gasteiger partial charge in [-0.1, -0.05) is 26.0 Å². The Balaban J connectivity index is 2.03. The molecule has 0 bridgehead atoms. The molecule has 0 saturated heterocycles. The van der Waals surface area contributed by atoms with Crippen LogP contribution in [0.1, 0.15) is 53.0 Å². The molecule has 0 fully saturated rings. The number of hydrogen-bond acceptors (Lipinski definition) is 3. The third-order valence-electron chi connectivity index (χ3n) is 5.22. The van der Waals surface area contributed by atoms with Crippen molar-refractivity contribution in [1.29, 1.82) is 0 Å². The molecular weight excluding hydrogens is 362 g/mol. The standard InChI is InChI=1S/C24H33N3O2/c1-7-27(8-2)21-15-13-20(14-16-21)26-23(29)24(5,6)22(28)25-19-11-9-18(10-12-19)17(3)4/h9-17H,7-8H2,1-6H3,(H,25,28)(H,26,29). The first-order valence-electron chi connectivity index (χ1n) is 10.3. The molecule has 2 aromatic rings. The van der Waals surface area contributed by atoms with Crippen molar-refractivity contribution in [1.82, 2.24) is 0 Å². The highest BCUT2D eigenvalue weighted by Gasteiger charge is 2.36. The highest BCUT2D eigenvalue weighted by molar-refractivity contribution is 6.14. The van der Waals surface area contributed by atoms with Crippen LogP contribution >= 0.6 is 0 Å². The minimum Gasteiger partial charge on any atom is -0.372 e. The molecule has 0 aromatic heterocycles. The monoisotopic (exact) mass is 395 g/mol. The lowest BCUT2D eigenvalue weighted by molar-refractivity contribution is -0.135. The van der Waals surface area contributed by atoms with Gasteiger partial charge in [-0.25, -0.2) is 0 Å². The number of nitrogens with zero attached hydrogens (tertiary/aromatic N) is 1. The molecule has 0 spiro atoms. The number of anilines is 3. The normalized spacial score (nSPS) is 11.3. The SMILES string of the molecule is CCN(CC)c1ccc(NC(=O)C(C)(C)C(=O)Nc2ccc(C(C)C)cc2)cc1. The number of rotatable bonds is 8. The van der Waals surface area contributed by atoms with Crippen LogP contribution in [-0.4, -0.2) is 24.9 Å². The number of hydrogen-bond donors (Lipinski definition) is 2. The maximum absolute atomic E-state index is 12.8. The fraction of sp³-hybridized carbons (Fsp3) is 0.417. The second-order valence-electron chi connectivity index (χ2n) is 8.03. The molecule has 5 heteroatoms. The van der Waals surface area contributed by atoms with Crippen LogP contribution in [0.25, 0.3) is 0 Å². The zero-order valence-corrected chi connectivity index (χ0v) is 18.4. The maximum atomic E-state index is 12.8. The van der Waals surface area contributed by atoms with Gasteiger partial charge in [-0.15, -0.1) is 0 Å². The summed E-state index contributed by atoms with van der Waals surface area (Å²) in [4.78, 5) is 27.7. The van der Waals surface area contributed by atoms with E-state index in [0.717, 1.165) is 18.8 Å². The first kappa shape index (κ1) is 22.5. The van der Waals surface area contributed by atoms with Crippen LogP contribution in [0.15, 0.2) is 48.5 Å². The third-order valence-corrected chi connectivity index (χ3v) is 5.22. The van der Waals surface area contributed by atoms with E-state index in [4.69, 9.17) is 0 Å². The summed E-state index contributed by atoms with van der Waals surface area (Å²) in [6, 6.07) is 15.4. The van der Waals surface area contributed by atoms with Gasteiger partial charge in [0.05, 0.1) is 0 Å². The van der Waals surface area contributed by atoms with Gasteiger partial charge in [0, 0.05) is 30.2 Å². The van der Waals surface area contributed by atoms with Gasteiger partial charge in [0.25, 0.3) is 0 Å². The quantitative estimate of drug-likeness (QED) is 0.599. The number of carbonyl (C=O) groups excluding carboxylic acids is 2. The van der Waals surface area contributed by atoms with E-state index in [2.05, 4.69) is 43.2 Å². The van der Waals surface area contributed by atoms with E-state index in [1.807, 2.05) is 48.5 Å². The van der Waals surface area contributed by atoms with Crippen LogP contribution < -0.4 is 15.5 Å². The van der Waals surface area contributed by atoms with Crippen LogP contribution in [0, 0.1) is 5.41 Å². The molecule has 0 atom stereocenters. The van der Waals surface area contributed by atoms with E-state index in [-0.39, 0.29) is 11.8 Å². The van der Waals surface area contributed by atoms with Crippen molar-refractivity contribution in [2.45, 2.75) is 47.5 Å². The molecule has 0 saturated carbocycles. The van der Waals surface area contributed by atoms with Gasteiger partial charge in [0.2, 0.25) is 11.8 Å². The van der Waals surface area contributed by atoms with Crippen LogP contribution in [0.5, 0.6) is 0 Å². The zero-order valence-electron chi connectivity index (χ0n) is 18.4. The molecule has 0 unspecified atom stereocenters. The molecule has 0 aliphatic rings. The summed E-state index contributed by atoms with van der Waals surface area (Å²) in [5.41, 5.74) is 2.45. The molecule has 0 aliphatic carbocycles. The molecule has 156 valence electrons. The van der Waals surface area contributed by atoms with Gasteiger partial charge in [-0.05, 0) is 75.6 Å². The van der Waals surface area contributed by atoms with E-state index >= 15 is 0 Å². The first-order chi connectivity index (χ1) is 13.7. The third kappa shape index (κ3) is 5.59. The molecule has 2 N–H and O–H groups in total. The fourth-order valence-electron chi connectivity index (χ4n) is 2.97. The van der Waals surface area contributed by atoms with E-state index < -0.39 is 5.41 Å². The average molecular weight is 396 g/mol. The van der Waals surface area contributed by atoms with Gasteiger partial charge in [-0.3, -0.25) is 9.59 Å². The van der Waals surface area contributed by atoms with Crippen molar-refractivity contribution < 1.29 is 9.59 Å². The van der Waals surface area contributed by atoms with Crippen LogP contribution in [0.3, 0.4) is 0 Å². The maximum Gasteiger partial charge on any atom is 0.239 e. The van der Waals surface area contributed by atoms with Crippen molar-refractivity contribution in [3.63, 3.8) is 0 Å². The summed E-state index contributed by atoms with van der Waals surface area (Å²) >= 11 is 0. The van der Waals surface area contributed by atoms with Crippen molar-refractivity contribution in [3.05, 3.63) is 54.1 Å². The minimum absolute atomic E-state index is 0.341. The van der Waals surface area contributed by atoms with Crippen molar-refractivity contribution in [2.24, 2.45) is 5.41 Å². The summed E-state index contributed by atoms with van der Waals surface area (Å²) in [6.07, 6.45) is 0. The second kappa shape index (κ2) is 9.59. The highest BCUT2D eigenvalue weighted by atomic mass is 16.2. The van der Waals surface area contributed by atoms with Crippen LogP contribution in [0.2, 0.25) is 0 Å². The predicted octanol–water partition coefficient (Wildman–Crippen LogP) is 5.26. The molecule has 5 nitrogen and oxygen atoms in total. The molecule has 2 rings (SSSR count). The largest absolute Gasteiger partial charge is 0.372 e. The Labute approximate surface area is 174 Å². The highest BCUT2D eigenvalue weighted by Crippen LogP contribution is 2.24. The summed E-state index contributed by atoms with van der Waals surface area (Å²) in [5, 5.41) is 5.70. The van der Waals surface area contributed by atoms with Crippen molar-refractivity contribution in [2.75, 3.05) is 28.6 Å². The Morgan fingerprint density at radius 2 is 1.24 bits per heavy atom. The first-order valence-corrected chi connectivity index (χ1v) is 10.3. The molecule has 0 aliphatic heterocycles. The van der Waals surface area contributed by atoms with Gasteiger partial charge in [0.1, 0.15) is 5.41 Å². The summed E-state index contributed by atoms with van der Waals surface area (Å²) in [6.45, 7) is 13.6. The fourth-order valence-corrected chi connectivity index (χ4v) is 2.97. The average Bonchev–Trinajstić information content (AvgIpc) is 2.70. The lowest BCUT2D eigenvalue weighted by Gasteiger charge is -2.24. The van der Waals surface area contributed by atoms with Crippen LogP contribution in [0.4, 0.5) is 17.1 Å². The lowest BCUT2D eigenvalue weighted by atomic mass is 9.90. The molecule has 2 aromatic carbocycles. The smallest absolute Gasteiger partial charge is 0.239 e. The summed E-state index contributed by atoms with van der Waals surface area (Å²) < 4.78 is 0. The minimum atomic E-state index is -1.21. The molecule has 0 radical (unpaired) electrons. The number of benzene rings is 2. The topological polar surface area (TPSA) is 61.4 Å². The summed E-state index contributed by atoms with van der Waals surface area (Å²) in [7, 11) is 0. The molecular formula is C24H33N3O2. The van der Waals surface area contributed by atoms with E-state index in [0.29, 0.717) is 17.3 Å². The second-order valence-corrected chi connectivity index (χ2v) is 8.03. The Kier molecular flexibility index (Phi) is 7.43. The Bertz CT molecular complexity index is 820. The predicted molar refractivity (Wildman–Crippen MR) is 122 cm³/mol.